The molecule has 0 saturated carbocycles. The Balaban J connectivity index is 2.06. The number of benzene rings is 2. The molecule has 0 heterocycles. The first-order chi connectivity index (χ1) is 8.65. The second kappa shape index (κ2) is 3.79. The van der Waals surface area contributed by atoms with Crippen molar-refractivity contribution in [2.75, 3.05) is 0 Å². The Morgan fingerprint density at radius 1 is 1.00 bits per heavy atom. The number of hydrogen-bond acceptors (Lipinski definition) is 2. The van der Waals surface area contributed by atoms with Gasteiger partial charge in [-0.25, -0.2) is 0 Å². The highest BCUT2D eigenvalue weighted by atomic mass is 16.3. The van der Waals surface area contributed by atoms with E-state index in [0.29, 0.717) is 5.56 Å². The van der Waals surface area contributed by atoms with Gasteiger partial charge in [-0.2, -0.15) is 0 Å². The number of fused-ring (bicyclic) bond motifs is 1. The molecule has 18 heavy (non-hydrogen) atoms. The smallest absolute Gasteiger partial charge is 0.199 e. The lowest BCUT2D eigenvalue weighted by atomic mass is 9.64. The van der Waals surface area contributed by atoms with Gasteiger partial charge in [-0.1, -0.05) is 61.5 Å². The predicted octanol–water partition coefficient (Wildman–Crippen LogP) is 2.87. The highest BCUT2D eigenvalue weighted by molar-refractivity contribution is 6.13. The number of carbonyl (C=O) groups excluding carboxylic acids is 1. The molecule has 0 spiro atoms. The van der Waals surface area contributed by atoms with Crippen molar-refractivity contribution in [2.45, 2.75) is 18.4 Å². The average Bonchev–Trinajstić information content (AvgIpc) is 2.46. The second-order valence-corrected chi connectivity index (χ2v) is 4.77. The van der Waals surface area contributed by atoms with Gasteiger partial charge in [-0.15, -0.1) is 0 Å². The summed E-state index contributed by atoms with van der Waals surface area (Å²) in [5.41, 5.74) is 0.995. The molecule has 2 nitrogen and oxygen atoms in total. The summed E-state index contributed by atoms with van der Waals surface area (Å²) in [6.45, 7) is 1.89. The fraction of sp³-hybridized carbons (Fsp3) is 0.188. The van der Waals surface area contributed by atoms with Crippen LogP contribution >= 0.6 is 0 Å². The summed E-state index contributed by atoms with van der Waals surface area (Å²) in [6.07, 6.45) is 0. The van der Waals surface area contributed by atoms with E-state index in [9.17, 15) is 9.90 Å². The van der Waals surface area contributed by atoms with Crippen LogP contribution in [0, 0.1) is 0 Å². The van der Waals surface area contributed by atoms with Gasteiger partial charge in [-0.05, 0) is 5.56 Å². The second-order valence-electron chi connectivity index (χ2n) is 4.77. The monoisotopic (exact) mass is 238 g/mol. The summed E-state index contributed by atoms with van der Waals surface area (Å²) < 4.78 is 0. The standard InChI is InChI=1S/C16H14O2/c1-11(12-7-3-2-4-8-12)16(18)14-10-6-5-9-13(14)15(16)17/h2-11,18H,1H3/t11?,16-/m0/s1. The number of hydrogen-bond donors (Lipinski definition) is 1. The quantitative estimate of drug-likeness (QED) is 0.873. The Morgan fingerprint density at radius 2 is 1.61 bits per heavy atom. The van der Waals surface area contributed by atoms with Crippen molar-refractivity contribution in [3.63, 3.8) is 0 Å². The zero-order chi connectivity index (χ0) is 12.8. The maximum Gasteiger partial charge on any atom is 0.199 e. The molecule has 0 radical (unpaired) electrons. The molecule has 1 aliphatic carbocycles. The van der Waals surface area contributed by atoms with Gasteiger partial charge in [0.05, 0.1) is 0 Å². The van der Waals surface area contributed by atoms with E-state index < -0.39 is 5.60 Å². The first-order valence-corrected chi connectivity index (χ1v) is 6.07. The van der Waals surface area contributed by atoms with E-state index in [1.165, 1.54) is 0 Å². The van der Waals surface area contributed by atoms with Gasteiger partial charge in [0.1, 0.15) is 0 Å². The lowest BCUT2D eigenvalue weighted by Crippen LogP contribution is -2.49. The van der Waals surface area contributed by atoms with Gasteiger partial charge in [0.25, 0.3) is 0 Å². The maximum atomic E-state index is 12.1. The SMILES string of the molecule is CC(c1ccccc1)[C@@]1(O)C(=O)c2ccccc21. The van der Waals surface area contributed by atoms with Crippen LogP contribution in [0.15, 0.2) is 54.6 Å². The molecule has 0 aromatic heterocycles. The molecular weight excluding hydrogens is 224 g/mol. The third kappa shape index (κ3) is 1.30. The van der Waals surface area contributed by atoms with Crippen molar-refractivity contribution in [1.82, 2.24) is 0 Å². The maximum absolute atomic E-state index is 12.1. The zero-order valence-electron chi connectivity index (χ0n) is 10.1. The van der Waals surface area contributed by atoms with Crippen LogP contribution in [0.4, 0.5) is 0 Å². The molecule has 1 N–H and O–H groups in total. The molecule has 2 atom stereocenters. The molecule has 0 fully saturated rings. The van der Waals surface area contributed by atoms with Gasteiger partial charge in [0, 0.05) is 17.0 Å². The van der Waals surface area contributed by atoms with Crippen molar-refractivity contribution < 1.29 is 9.90 Å². The normalized spacial score (nSPS) is 23.1. The van der Waals surface area contributed by atoms with Crippen LogP contribution in [0.3, 0.4) is 0 Å². The van der Waals surface area contributed by atoms with Crippen LogP contribution in [0.2, 0.25) is 0 Å². The molecule has 3 rings (SSSR count). The Kier molecular flexibility index (Phi) is 2.35. The number of rotatable bonds is 2. The van der Waals surface area contributed by atoms with Crippen LogP contribution in [0.1, 0.15) is 34.3 Å². The van der Waals surface area contributed by atoms with Crippen LogP contribution in [0.5, 0.6) is 0 Å². The molecular formula is C16H14O2. The summed E-state index contributed by atoms with van der Waals surface area (Å²) in [5, 5.41) is 10.7. The molecule has 2 heteroatoms. The highest BCUT2D eigenvalue weighted by Gasteiger charge is 2.53. The van der Waals surface area contributed by atoms with Gasteiger partial charge in [0.15, 0.2) is 11.4 Å². The topological polar surface area (TPSA) is 37.3 Å². The third-order valence-electron chi connectivity index (χ3n) is 3.85. The summed E-state index contributed by atoms with van der Waals surface area (Å²) in [6, 6.07) is 16.9. The van der Waals surface area contributed by atoms with Crippen molar-refractivity contribution in [3.8, 4) is 0 Å². The molecule has 0 saturated heterocycles. The molecule has 0 aliphatic heterocycles. The van der Waals surface area contributed by atoms with Crippen molar-refractivity contribution in [2.24, 2.45) is 0 Å². The molecule has 0 bridgehead atoms. The highest BCUT2D eigenvalue weighted by Crippen LogP contribution is 2.47. The van der Waals surface area contributed by atoms with Gasteiger partial charge < -0.3 is 5.11 Å². The molecule has 0 amide bonds. The summed E-state index contributed by atoms with van der Waals surface area (Å²) in [4.78, 5) is 12.1. The first kappa shape index (κ1) is 11.2. The molecule has 2 aromatic carbocycles. The van der Waals surface area contributed by atoms with Crippen LogP contribution in [-0.4, -0.2) is 10.9 Å². The minimum absolute atomic E-state index is 0.172. The summed E-state index contributed by atoms with van der Waals surface area (Å²) in [7, 11) is 0. The largest absolute Gasteiger partial charge is 0.376 e. The Bertz CT molecular complexity index is 604. The molecule has 1 unspecified atom stereocenters. The van der Waals surface area contributed by atoms with Gasteiger partial charge in [-0.3, -0.25) is 4.79 Å². The van der Waals surface area contributed by atoms with E-state index in [2.05, 4.69) is 0 Å². The molecule has 2 aromatic rings. The van der Waals surface area contributed by atoms with E-state index in [0.717, 1.165) is 11.1 Å². The molecule has 1 aliphatic rings. The number of ketones is 1. The Hall–Kier alpha value is -1.93. The van der Waals surface area contributed by atoms with Gasteiger partial charge >= 0.3 is 0 Å². The predicted molar refractivity (Wildman–Crippen MR) is 69.5 cm³/mol. The number of aliphatic hydroxyl groups is 1. The summed E-state index contributed by atoms with van der Waals surface area (Å²) >= 11 is 0. The van der Waals surface area contributed by atoms with Crippen LogP contribution in [0.25, 0.3) is 0 Å². The fourth-order valence-electron chi connectivity index (χ4n) is 2.69. The van der Waals surface area contributed by atoms with Crippen LogP contribution < -0.4 is 0 Å². The lowest BCUT2D eigenvalue weighted by molar-refractivity contribution is 0.00405. The fourth-order valence-corrected chi connectivity index (χ4v) is 2.69. The van der Waals surface area contributed by atoms with E-state index in [1.807, 2.05) is 55.5 Å². The van der Waals surface area contributed by atoms with E-state index in [4.69, 9.17) is 0 Å². The minimum Gasteiger partial charge on any atom is -0.376 e. The van der Waals surface area contributed by atoms with E-state index >= 15 is 0 Å². The third-order valence-corrected chi connectivity index (χ3v) is 3.85. The number of carbonyl (C=O) groups is 1. The lowest BCUT2D eigenvalue weighted by Gasteiger charge is -2.42. The van der Waals surface area contributed by atoms with Crippen LogP contribution in [-0.2, 0) is 5.60 Å². The summed E-state index contributed by atoms with van der Waals surface area (Å²) in [5.74, 6) is -0.407. The van der Waals surface area contributed by atoms with Crippen molar-refractivity contribution >= 4 is 5.78 Å². The van der Waals surface area contributed by atoms with E-state index in [-0.39, 0.29) is 11.7 Å². The minimum atomic E-state index is -1.36. The average molecular weight is 238 g/mol. The Morgan fingerprint density at radius 3 is 2.33 bits per heavy atom. The van der Waals surface area contributed by atoms with E-state index in [1.54, 1.807) is 6.07 Å². The molecule has 90 valence electrons. The first-order valence-electron chi connectivity index (χ1n) is 6.07. The Labute approximate surface area is 106 Å². The zero-order valence-corrected chi connectivity index (χ0v) is 10.1. The van der Waals surface area contributed by atoms with Gasteiger partial charge in [0.2, 0.25) is 0 Å². The number of Topliss-reactive ketones (excluding diaryl/α,β-unsaturated/α-hetero) is 1. The van der Waals surface area contributed by atoms with Crippen molar-refractivity contribution in [1.29, 1.82) is 0 Å². The van der Waals surface area contributed by atoms with Crippen molar-refractivity contribution in [3.05, 3.63) is 71.3 Å².